The minimum absolute atomic E-state index is 0.240. The zero-order valence-corrected chi connectivity index (χ0v) is 13.3. The Labute approximate surface area is 116 Å². The molecule has 0 aliphatic carbocycles. The van der Waals surface area contributed by atoms with Crippen LogP contribution in [0.5, 0.6) is 0 Å². The van der Waals surface area contributed by atoms with Gasteiger partial charge in [0.15, 0.2) is 0 Å². The third-order valence-corrected chi connectivity index (χ3v) is 4.93. The Balaban J connectivity index is 2.79. The van der Waals surface area contributed by atoms with Crippen molar-refractivity contribution in [3.8, 4) is 0 Å². The van der Waals surface area contributed by atoms with Gasteiger partial charge in [-0.2, -0.15) is 0 Å². The van der Waals surface area contributed by atoms with Crippen LogP contribution in [0.4, 0.5) is 0 Å². The minimum Gasteiger partial charge on any atom is -0.329 e. The van der Waals surface area contributed by atoms with Gasteiger partial charge in [-0.1, -0.05) is 34.1 Å². The lowest BCUT2D eigenvalue weighted by atomic mass is 9.95. The number of likely N-dealkylation sites (N-methyl/N-ethyl adjacent to an activating group) is 1. The molecule has 18 heavy (non-hydrogen) atoms. The van der Waals surface area contributed by atoms with Gasteiger partial charge in [-0.05, 0) is 37.6 Å². The van der Waals surface area contributed by atoms with Crippen LogP contribution in [0.3, 0.4) is 0 Å². The maximum absolute atomic E-state index is 5.96. The molecule has 0 fully saturated rings. The number of nitrogens with two attached hydrogens (primary N) is 1. The molecule has 2 nitrogen and oxygen atoms in total. The normalized spacial score (nSPS) is 14.2. The molecule has 0 radical (unpaired) electrons. The number of hydrogen-bond acceptors (Lipinski definition) is 3. The van der Waals surface area contributed by atoms with E-state index in [-0.39, 0.29) is 5.41 Å². The van der Waals surface area contributed by atoms with Gasteiger partial charge < -0.3 is 5.73 Å². The van der Waals surface area contributed by atoms with E-state index in [0.717, 1.165) is 6.54 Å². The van der Waals surface area contributed by atoms with Gasteiger partial charge in [-0.25, -0.2) is 0 Å². The predicted octanol–water partition coefficient (Wildman–Crippen LogP) is 3.78. The van der Waals surface area contributed by atoms with Crippen molar-refractivity contribution in [3.63, 3.8) is 0 Å². The number of thiophene rings is 1. The summed E-state index contributed by atoms with van der Waals surface area (Å²) in [6.07, 6.45) is 2.48. The van der Waals surface area contributed by atoms with E-state index < -0.39 is 0 Å². The van der Waals surface area contributed by atoms with Crippen molar-refractivity contribution in [1.82, 2.24) is 4.90 Å². The molecular weight excluding hydrogens is 240 g/mol. The first kappa shape index (κ1) is 15.7. The summed E-state index contributed by atoms with van der Waals surface area (Å²) in [4.78, 5) is 5.24. The topological polar surface area (TPSA) is 29.3 Å². The maximum Gasteiger partial charge on any atom is 0.0561 e. The molecule has 1 atom stereocenters. The standard InChI is InChI=1S/C15H28N2S/c1-6-7-10-17(5)12(11-16)13-8-9-14(18-13)15(2,3)4/h8-9,12H,6-7,10-11,16H2,1-5H3. The van der Waals surface area contributed by atoms with Crippen molar-refractivity contribution >= 4 is 11.3 Å². The van der Waals surface area contributed by atoms with Crippen LogP contribution in [0, 0.1) is 0 Å². The van der Waals surface area contributed by atoms with Crippen molar-refractivity contribution in [3.05, 3.63) is 21.9 Å². The molecule has 0 spiro atoms. The third kappa shape index (κ3) is 4.08. The Morgan fingerprint density at radius 2 is 2.00 bits per heavy atom. The molecule has 0 bridgehead atoms. The van der Waals surface area contributed by atoms with Crippen LogP contribution < -0.4 is 5.73 Å². The minimum atomic E-state index is 0.240. The Bertz CT molecular complexity index is 352. The highest BCUT2D eigenvalue weighted by molar-refractivity contribution is 7.12. The molecule has 0 aliphatic rings. The summed E-state index contributed by atoms with van der Waals surface area (Å²) < 4.78 is 0. The summed E-state index contributed by atoms with van der Waals surface area (Å²) in [6, 6.07) is 4.89. The van der Waals surface area contributed by atoms with Crippen molar-refractivity contribution in [2.24, 2.45) is 5.73 Å². The van der Waals surface area contributed by atoms with E-state index in [1.54, 1.807) is 0 Å². The molecule has 1 aromatic rings. The smallest absolute Gasteiger partial charge is 0.0561 e. The largest absolute Gasteiger partial charge is 0.329 e. The quantitative estimate of drug-likeness (QED) is 0.851. The highest BCUT2D eigenvalue weighted by Gasteiger charge is 2.21. The van der Waals surface area contributed by atoms with Gasteiger partial charge in [0, 0.05) is 16.3 Å². The Kier molecular flexibility index (Phi) is 5.83. The predicted molar refractivity (Wildman–Crippen MR) is 82.4 cm³/mol. The second-order valence-corrected chi connectivity index (χ2v) is 7.15. The van der Waals surface area contributed by atoms with Crippen LogP contribution in [-0.2, 0) is 5.41 Å². The van der Waals surface area contributed by atoms with Crippen molar-refractivity contribution in [1.29, 1.82) is 0 Å². The second kappa shape index (κ2) is 6.69. The van der Waals surface area contributed by atoms with Crippen molar-refractivity contribution in [2.75, 3.05) is 20.1 Å². The van der Waals surface area contributed by atoms with Crippen LogP contribution in [0.25, 0.3) is 0 Å². The molecule has 104 valence electrons. The van der Waals surface area contributed by atoms with Crippen LogP contribution in [-0.4, -0.2) is 25.0 Å². The Morgan fingerprint density at radius 3 is 2.44 bits per heavy atom. The average Bonchev–Trinajstić information content (AvgIpc) is 2.76. The number of unbranched alkanes of at least 4 members (excludes halogenated alkanes) is 1. The highest BCUT2D eigenvalue weighted by Crippen LogP contribution is 2.33. The first-order chi connectivity index (χ1) is 8.40. The van der Waals surface area contributed by atoms with Gasteiger partial charge in [0.05, 0.1) is 6.04 Å². The summed E-state index contributed by atoms with van der Waals surface area (Å²) in [5, 5.41) is 0. The number of nitrogens with zero attached hydrogens (tertiary/aromatic N) is 1. The van der Waals surface area contributed by atoms with Gasteiger partial charge in [0.2, 0.25) is 0 Å². The summed E-state index contributed by atoms with van der Waals surface area (Å²) >= 11 is 1.91. The molecule has 0 aromatic carbocycles. The molecular formula is C15H28N2S. The zero-order valence-electron chi connectivity index (χ0n) is 12.5. The van der Waals surface area contributed by atoms with Gasteiger partial charge in [-0.15, -0.1) is 11.3 Å². The molecule has 0 saturated carbocycles. The van der Waals surface area contributed by atoms with Gasteiger partial charge in [-0.3, -0.25) is 4.90 Å². The lowest BCUT2D eigenvalue weighted by Crippen LogP contribution is -2.30. The maximum atomic E-state index is 5.96. The summed E-state index contributed by atoms with van der Waals surface area (Å²) in [6.45, 7) is 10.8. The van der Waals surface area contributed by atoms with E-state index in [9.17, 15) is 0 Å². The lowest BCUT2D eigenvalue weighted by Gasteiger charge is -2.26. The van der Waals surface area contributed by atoms with Gasteiger partial charge >= 0.3 is 0 Å². The molecule has 3 heteroatoms. The third-order valence-electron chi connectivity index (χ3n) is 3.31. The van der Waals surface area contributed by atoms with E-state index in [1.807, 2.05) is 11.3 Å². The first-order valence-electron chi connectivity index (χ1n) is 6.90. The highest BCUT2D eigenvalue weighted by atomic mass is 32.1. The molecule has 2 N–H and O–H groups in total. The molecule has 0 saturated heterocycles. The monoisotopic (exact) mass is 268 g/mol. The summed E-state index contributed by atoms with van der Waals surface area (Å²) in [5.74, 6) is 0. The molecule has 1 unspecified atom stereocenters. The summed E-state index contributed by atoms with van der Waals surface area (Å²) in [5.41, 5.74) is 6.20. The zero-order chi connectivity index (χ0) is 13.8. The fraction of sp³-hybridized carbons (Fsp3) is 0.733. The number of rotatable bonds is 6. The van der Waals surface area contributed by atoms with Crippen molar-refractivity contribution in [2.45, 2.75) is 52.0 Å². The molecule has 0 aliphatic heterocycles. The average molecular weight is 268 g/mol. The SMILES string of the molecule is CCCCN(C)C(CN)c1ccc(C(C)(C)C)s1. The van der Waals surface area contributed by atoms with E-state index in [0.29, 0.717) is 12.6 Å². The van der Waals surface area contributed by atoms with Crippen LogP contribution in [0.2, 0.25) is 0 Å². The van der Waals surface area contributed by atoms with Crippen LogP contribution in [0.1, 0.15) is 56.3 Å². The van der Waals surface area contributed by atoms with Crippen LogP contribution >= 0.6 is 11.3 Å². The van der Waals surface area contributed by atoms with Crippen LogP contribution in [0.15, 0.2) is 12.1 Å². The Morgan fingerprint density at radius 1 is 1.33 bits per heavy atom. The Hall–Kier alpha value is -0.380. The molecule has 1 rings (SSSR count). The van der Waals surface area contributed by atoms with E-state index in [4.69, 9.17) is 5.73 Å². The van der Waals surface area contributed by atoms with E-state index in [2.05, 4.69) is 51.8 Å². The van der Waals surface area contributed by atoms with Crippen molar-refractivity contribution < 1.29 is 0 Å². The number of hydrogen-bond donors (Lipinski definition) is 1. The molecule has 1 aromatic heterocycles. The fourth-order valence-electron chi connectivity index (χ4n) is 2.01. The molecule has 0 amide bonds. The fourth-order valence-corrected chi connectivity index (χ4v) is 3.26. The first-order valence-corrected chi connectivity index (χ1v) is 7.72. The van der Waals surface area contributed by atoms with Gasteiger partial charge in [0.25, 0.3) is 0 Å². The second-order valence-electron chi connectivity index (χ2n) is 6.04. The van der Waals surface area contributed by atoms with E-state index >= 15 is 0 Å². The summed E-state index contributed by atoms with van der Waals surface area (Å²) in [7, 11) is 2.18. The molecule has 1 heterocycles. The van der Waals surface area contributed by atoms with Gasteiger partial charge in [0.1, 0.15) is 0 Å². The lowest BCUT2D eigenvalue weighted by molar-refractivity contribution is 0.250. The van der Waals surface area contributed by atoms with E-state index in [1.165, 1.54) is 22.6 Å².